The summed E-state index contributed by atoms with van der Waals surface area (Å²) < 4.78 is 18.3. The van der Waals surface area contributed by atoms with Crippen molar-refractivity contribution in [3.8, 4) is 5.75 Å². The van der Waals surface area contributed by atoms with E-state index in [2.05, 4.69) is 5.32 Å². The summed E-state index contributed by atoms with van der Waals surface area (Å²) in [5.74, 6) is -0.953. The van der Waals surface area contributed by atoms with Crippen LogP contribution in [0.5, 0.6) is 5.75 Å². The number of hydrogen-bond acceptors (Lipinski definition) is 4. The maximum atomic E-state index is 13.5. The molecule has 6 heteroatoms. The zero-order valence-electron chi connectivity index (χ0n) is 11.7. The van der Waals surface area contributed by atoms with E-state index in [1.54, 1.807) is 0 Å². The van der Waals surface area contributed by atoms with E-state index >= 15 is 0 Å². The summed E-state index contributed by atoms with van der Waals surface area (Å²) in [4.78, 5) is 12.7. The lowest BCUT2D eigenvalue weighted by Crippen LogP contribution is -2.28. The highest BCUT2D eigenvalue weighted by Crippen LogP contribution is 2.23. The quantitative estimate of drug-likeness (QED) is 0.893. The van der Waals surface area contributed by atoms with Crippen LogP contribution in [0.4, 0.5) is 4.39 Å². The largest absolute Gasteiger partial charge is 0.494 e. The minimum absolute atomic E-state index is 0.0772. The van der Waals surface area contributed by atoms with Crippen LogP contribution in [0.2, 0.25) is 0 Å². The van der Waals surface area contributed by atoms with Crippen LogP contribution in [0, 0.1) is 12.7 Å². The van der Waals surface area contributed by atoms with Gasteiger partial charge < -0.3 is 15.2 Å². The van der Waals surface area contributed by atoms with E-state index in [0.29, 0.717) is 0 Å². The van der Waals surface area contributed by atoms with Crippen molar-refractivity contribution in [2.24, 2.45) is 0 Å². The van der Waals surface area contributed by atoms with Gasteiger partial charge >= 0.3 is 0 Å². The first-order valence-electron chi connectivity index (χ1n) is 6.36. The Kier molecular flexibility index (Phi) is 4.93. The molecule has 1 aromatic heterocycles. The number of methoxy groups -OCH3 is 1. The van der Waals surface area contributed by atoms with Gasteiger partial charge in [0.15, 0.2) is 11.6 Å². The monoisotopic (exact) mass is 309 g/mol. The average molecular weight is 309 g/mol. The van der Waals surface area contributed by atoms with Crippen molar-refractivity contribution in [3.63, 3.8) is 0 Å². The smallest absolute Gasteiger partial charge is 0.251 e. The van der Waals surface area contributed by atoms with E-state index in [1.807, 2.05) is 18.4 Å². The highest BCUT2D eigenvalue weighted by Gasteiger charge is 2.15. The predicted molar refractivity (Wildman–Crippen MR) is 79.3 cm³/mol. The van der Waals surface area contributed by atoms with Gasteiger partial charge in [-0.05, 0) is 42.1 Å². The van der Waals surface area contributed by atoms with Crippen LogP contribution >= 0.6 is 11.3 Å². The molecule has 0 unspecified atom stereocenters. The lowest BCUT2D eigenvalue weighted by atomic mass is 10.1. The maximum Gasteiger partial charge on any atom is 0.251 e. The minimum Gasteiger partial charge on any atom is -0.494 e. The molecule has 0 fully saturated rings. The van der Waals surface area contributed by atoms with Gasteiger partial charge in [-0.3, -0.25) is 4.79 Å². The Bertz CT molecular complexity index is 642. The van der Waals surface area contributed by atoms with Gasteiger partial charge in [0.2, 0.25) is 0 Å². The molecule has 21 heavy (non-hydrogen) atoms. The zero-order valence-corrected chi connectivity index (χ0v) is 12.5. The number of aryl methyl sites for hydroxylation is 1. The summed E-state index contributed by atoms with van der Waals surface area (Å²) >= 11 is 1.43. The van der Waals surface area contributed by atoms with Crippen molar-refractivity contribution < 1.29 is 19.0 Å². The van der Waals surface area contributed by atoms with Gasteiger partial charge in [-0.1, -0.05) is 0 Å². The van der Waals surface area contributed by atoms with Crippen LogP contribution in [0.25, 0.3) is 0 Å². The number of ether oxygens (including phenoxy) is 1. The molecule has 112 valence electrons. The fourth-order valence-corrected chi connectivity index (χ4v) is 2.83. The highest BCUT2D eigenvalue weighted by atomic mass is 32.1. The number of aliphatic hydroxyl groups excluding tert-OH is 1. The number of aliphatic hydroxyl groups is 1. The summed E-state index contributed by atoms with van der Waals surface area (Å²) in [6, 6.07) is 5.88. The Labute approximate surface area is 126 Å². The van der Waals surface area contributed by atoms with Gasteiger partial charge in [-0.25, -0.2) is 4.39 Å². The first-order valence-corrected chi connectivity index (χ1v) is 7.24. The van der Waals surface area contributed by atoms with E-state index < -0.39 is 17.8 Å². The number of rotatable bonds is 5. The normalized spacial score (nSPS) is 12.0. The van der Waals surface area contributed by atoms with Gasteiger partial charge in [0.1, 0.15) is 6.10 Å². The molecule has 1 aromatic carbocycles. The molecule has 2 rings (SSSR count). The average Bonchev–Trinajstić information content (AvgIpc) is 2.90. The fraction of sp³-hybridized carbons (Fsp3) is 0.267. The molecule has 1 heterocycles. The molecule has 2 N–H and O–H groups in total. The third kappa shape index (κ3) is 3.59. The maximum absolute atomic E-state index is 13.5. The summed E-state index contributed by atoms with van der Waals surface area (Å²) in [5.41, 5.74) is 1.17. The summed E-state index contributed by atoms with van der Waals surface area (Å²) in [6.07, 6.45) is -0.767. The molecule has 0 bridgehead atoms. The molecule has 1 amide bonds. The van der Waals surface area contributed by atoms with E-state index in [0.717, 1.165) is 16.5 Å². The van der Waals surface area contributed by atoms with E-state index in [4.69, 9.17) is 4.74 Å². The summed E-state index contributed by atoms with van der Waals surface area (Å²) in [5, 5.41) is 14.5. The number of thiophene rings is 1. The number of nitrogens with one attached hydrogen (secondary N) is 1. The fourth-order valence-electron chi connectivity index (χ4n) is 1.92. The van der Waals surface area contributed by atoms with E-state index in [1.165, 1.54) is 30.6 Å². The minimum atomic E-state index is -0.767. The number of halogens is 1. The summed E-state index contributed by atoms with van der Waals surface area (Å²) in [6.45, 7) is 1.98. The van der Waals surface area contributed by atoms with Crippen LogP contribution in [0.15, 0.2) is 29.6 Å². The number of carbonyl (C=O) groups excluding carboxylic acids is 1. The molecule has 0 saturated carbocycles. The van der Waals surface area contributed by atoms with Crippen molar-refractivity contribution in [2.45, 2.75) is 13.0 Å². The first kappa shape index (κ1) is 15.5. The predicted octanol–water partition coefficient (Wildman–Crippen LogP) is 2.67. The van der Waals surface area contributed by atoms with Crippen LogP contribution in [-0.4, -0.2) is 24.7 Å². The van der Waals surface area contributed by atoms with Gasteiger partial charge in [0.25, 0.3) is 5.91 Å². The van der Waals surface area contributed by atoms with Gasteiger partial charge in [-0.2, -0.15) is 0 Å². The number of benzene rings is 1. The van der Waals surface area contributed by atoms with Crippen molar-refractivity contribution in [1.29, 1.82) is 0 Å². The second kappa shape index (κ2) is 6.69. The molecular formula is C15H16FNO3S. The Morgan fingerprint density at radius 1 is 1.48 bits per heavy atom. The van der Waals surface area contributed by atoms with Crippen LogP contribution in [0.3, 0.4) is 0 Å². The van der Waals surface area contributed by atoms with Crippen LogP contribution in [-0.2, 0) is 0 Å². The Hall–Kier alpha value is -1.92. The van der Waals surface area contributed by atoms with E-state index in [-0.39, 0.29) is 17.9 Å². The van der Waals surface area contributed by atoms with Crippen LogP contribution < -0.4 is 10.1 Å². The highest BCUT2D eigenvalue weighted by molar-refractivity contribution is 7.10. The molecule has 0 spiro atoms. The molecule has 1 atom stereocenters. The molecule has 0 aliphatic rings. The van der Waals surface area contributed by atoms with Crippen molar-refractivity contribution >= 4 is 17.2 Å². The molecule has 0 aliphatic carbocycles. The second-order valence-electron chi connectivity index (χ2n) is 4.54. The number of hydrogen-bond donors (Lipinski definition) is 2. The second-order valence-corrected chi connectivity index (χ2v) is 5.49. The molecule has 2 aromatic rings. The molecule has 0 radical (unpaired) electrons. The molecule has 4 nitrogen and oxygen atoms in total. The molecule has 0 aliphatic heterocycles. The SMILES string of the molecule is COc1ccc(C(=O)NC[C@H](O)c2sccc2C)cc1F. The lowest BCUT2D eigenvalue weighted by molar-refractivity contribution is 0.0917. The zero-order chi connectivity index (χ0) is 15.4. The van der Waals surface area contributed by atoms with Crippen molar-refractivity contribution in [2.75, 3.05) is 13.7 Å². The topological polar surface area (TPSA) is 58.6 Å². The number of carbonyl (C=O) groups is 1. The third-order valence-corrected chi connectivity index (χ3v) is 4.19. The molecule has 0 saturated heterocycles. The van der Waals surface area contributed by atoms with Crippen molar-refractivity contribution in [3.05, 3.63) is 51.5 Å². The van der Waals surface area contributed by atoms with Gasteiger partial charge in [0.05, 0.1) is 7.11 Å². The number of amides is 1. The lowest BCUT2D eigenvalue weighted by Gasteiger charge is -2.12. The third-order valence-electron chi connectivity index (χ3n) is 3.07. The molecular weight excluding hydrogens is 293 g/mol. The standard InChI is InChI=1S/C15H16FNO3S/c1-9-5-6-21-14(9)12(18)8-17-15(19)10-3-4-13(20-2)11(16)7-10/h3-7,12,18H,8H2,1-2H3,(H,17,19)/t12-/m0/s1. The Morgan fingerprint density at radius 3 is 2.81 bits per heavy atom. The van der Waals surface area contributed by atoms with Crippen LogP contribution in [0.1, 0.15) is 26.9 Å². The Morgan fingerprint density at radius 2 is 2.24 bits per heavy atom. The summed E-state index contributed by atoms with van der Waals surface area (Å²) in [7, 11) is 1.36. The Balaban J connectivity index is 1.99. The van der Waals surface area contributed by atoms with Crippen molar-refractivity contribution in [1.82, 2.24) is 5.32 Å². The van der Waals surface area contributed by atoms with Gasteiger partial charge in [-0.15, -0.1) is 11.3 Å². The first-order chi connectivity index (χ1) is 10.0. The van der Waals surface area contributed by atoms with Gasteiger partial charge in [0, 0.05) is 17.0 Å². The van der Waals surface area contributed by atoms with E-state index in [9.17, 15) is 14.3 Å².